The molecule has 4 atom stereocenters. The minimum absolute atomic E-state index is 0.0225. The lowest BCUT2D eigenvalue weighted by molar-refractivity contribution is -0.155. The minimum atomic E-state index is -4.57. The average Bonchev–Trinajstić information content (AvgIpc) is 3.79. The highest BCUT2D eigenvalue weighted by molar-refractivity contribution is 7.10. The predicted molar refractivity (Wildman–Crippen MR) is 214 cm³/mol. The van der Waals surface area contributed by atoms with Gasteiger partial charge in [0.2, 0.25) is 0 Å². The first-order valence-electron chi connectivity index (χ1n) is 19.9. The van der Waals surface area contributed by atoms with E-state index in [0.29, 0.717) is 88.8 Å². The van der Waals surface area contributed by atoms with E-state index in [2.05, 4.69) is 15.2 Å². The number of carbonyl (C=O) groups is 2. The zero-order valence-electron chi connectivity index (χ0n) is 33.3. The topological polar surface area (TPSA) is 140 Å². The van der Waals surface area contributed by atoms with Crippen molar-refractivity contribution < 1.29 is 37.0 Å². The zero-order chi connectivity index (χ0) is 40.9. The van der Waals surface area contributed by atoms with Gasteiger partial charge < -0.3 is 29.4 Å². The smallest absolute Gasteiger partial charge is 0.406 e. The molecule has 58 heavy (non-hydrogen) atoms. The molecule has 1 aromatic carbocycles. The highest BCUT2D eigenvalue weighted by atomic mass is 32.1. The molecule has 8 rings (SSSR count). The van der Waals surface area contributed by atoms with Gasteiger partial charge >= 0.3 is 12.1 Å². The molecule has 0 spiro atoms. The van der Waals surface area contributed by atoms with E-state index < -0.39 is 42.3 Å². The van der Waals surface area contributed by atoms with Crippen molar-refractivity contribution >= 4 is 39.8 Å². The maximum absolute atomic E-state index is 14.8. The Labute approximate surface area is 339 Å². The van der Waals surface area contributed by atoms with E-state index in [1.807, 2.05) is 38.3 Å². The summed E-state index contributed by atoms with van der Waals surface area (Å²) >= 11 is 1.37. The Balaban J connectivity index is 1.31. The summed E-state index contributed by atoms with van der Waals surface area (Å²) in [6.07, 6.45) is -1.84. The Morgan fingerprint density at radius 2 is 1.98 bits per heavy atom. The maximum atomic E-state index is 14.8. The molecule has 7 heterocycles. The monoisotopic (exact) mass is 824 g/mol. The van der Waals surface area contributed by atoms with E-state index in [0.717, 1.165) is 25.3 Å². The summed E-state index contributed by atoms with van der Waals surface area (Å²) in [5.41, 5.74) is 13.3. The lowest BCUT2D eigenvalue weighted by Crippen LogP contribution is -2.59. The minimum Gasteiger partial charge on any atom is -0.464 e. The molecule has 1 amide bonds. The lowest BCUT2D eigenvalue weighted by Gasteiger charge is -2.44. The number of nitrogens with zero attached hydrogens (tertiary/aromatic N) is 6. The van der Waals surface area contributed by atoms with Crippen LogP contribution in [0, 0.1) is 5.41 Å². The number of nitrogens with two attached hydrogens (primary N) is 1. The SMILES string of the molecule is CO[C@@H](C)c1ncc(N2CCN3CCOC[C@@H]3C2)cc1-c1c2c3cc(ccc3n1CC(F)(F)F)-c1csc(n1)C[C@H](N)C(=O)N1CCC[C@H](N1)C(=O)OCC(C)(C)C2. The number of methoxy groups -OCH3 is 1. The number of thiazole rings is 1. The van der Waals surface area contributed by atoms with Crippen LogP contribution in [0.3, 0.4) is 0 Å². The predicted octanol–water partition coefficient (Wildman–Crippen LogP) is 5.11. The third-order valence-corrected chi connectivity index (χ3v) is 12.6. The van der Waals surface area contributed by atoms with Crippen LogP contribution in [0.5, 0.6) is 0 Å². The van der Waals surface area contributed by atoms with Gasteiger partial charge in [-0.05, 0) is 49.9 Å². The Bertz CT molecular complexity index is 2170. The molecular formula is C41H51F3N8O5S. The van der Waals surface area contributed by atoms with Gasteiger partial charge in [0.25, 0.3) is 5.91 Å². The van der Waals surface area contributed by atoms with Gasteiger partial charge in [-0.25, -0.2) is 10.4 Å². The van der Waals surface area contributed by atoms with E-state index >= 15 is 0 Å². The number of aromatic nitrogens is 3. The molecule has 13 nitrogen and oxygen atoms in total. The van der Waals surface area contributed by atoms with Crippen molar-refractivity contribution in [1.82, 2.24) is 29.9 Å². The second kappa shape index (κ2) is 16.1. The number of halogens is 3. The fourth-order valence-corrected chi connectivity index (χ4v) is 9.55. The number of pyridine rings is 1. The number of piperazine rings is 1. The van der Waals surface area contributed by atoms with Crippen LogP contribution in [-0.4, -0.2) is 120 Å². The molecule has 4 aromatic rings. The first kappa shape index (κ1) is 40.6. The Morgan fingerprint density at radius 1 is 1.16 bits per heavy atom. The second-order valence-electron chi connectivity index (χ2n) is 16.7. The fraction of sp³-hybridized carbons (Fsp3) is 0.561. The summed E-state index contributed by atoms with van der Waals surface area (Å²) in [5, 5.41) is 4.55. The van der Waals surface area contributed by atoms with Gasteiger partial charge in [-0.15, -0.1) is 11.3 Å². The van der Waals surface area contributed by atoms with Crippen molar-refractivity contribution in [1.29, 1.82) is 0 Å². The van der Waals surface area contributed by atoms with Gasteiger partial charge in [-0.3, -0.25) is 24.5 Å². The summed E-state index contributed by atoms with van der Waals surface area (Å²) in [4.78, 5) is 41.4. The van der Waals surface area contributed by atoms with Crippen LogP contribution in [0.4, 0.5) is 18.9 Å². The number of amides is 1. The first-order valence-corrected chi connectivity index (χ1v) is 20.8. The Morgan fingerprint density at radius 3 is 2.78 bits per heavy atom. The summed E-state index contributed by atoms with van der Waals surface area (Å²) in [6, 6.07) is 5.91. The van der Waals surface area contributed by atoms with Crippen LogP contribution in [0.25, 0.3) is 33.4 Å². The first-order chi connectivity index (χ1) is 27.7. The van der Waals surface area contributed by atoms with Crippen molar-refractivity contribution in [3.63, 3.8) is 0 Å². The molecule has 4 aliphatic rings. The number of alkyl halides is 3. The molecule has 3 fully saturated rings. The van der Waals surface area contributed by atoms with Crippen molar-refractivity contribution in [3.05, 3.63) is 52.1 Å². The van der Waals surface area contributed by atoms with Crippen LogP contribution in [-0.2, 0) is 43.2 Å². The van der Waals surface area contributed by atoms with Crippen LogP contribution in [0.2, 0.25) is 0 Å². The lowest BCUT2D eigenvalue weighted by atomic mass is 9.84. The van der Waals surface area contributed by atoms with Gasteiger partial charge in [0.15, 0.2) is 0 Å². The molecule has 0 saturated carbocycles. The van der Waals surface area contributed by atoms with Gasteiger partial charge in [-0.1, -0.05) is 19.9 Å². The van der Waals surface area contributed by atoms with Crippen molar-refractivity contribution in [2.75, 3.05) is 64.6 Å². The quantitative estimate of drug-likeness (QED) is 0.260. The van der Waals surface area contributed by atoms with Crippen LogP contribution in [0.1, 0.15) is 56.0 Å². The standard InChI is InChI=1S/C41H51F3N8O5S/c1-24(55-4)36-29(15-26(18-46-36)50-11-10-49-12-13-56-20-27(49)19-50)37-30-17-40(2,3)23-57-39(54)32-6-5-9-52(48-32)38(53)31(45)16-35-47-33(21-58-35)25-7-8-34(28(30)14-25)51(37)22-41(42,43)44/h7-8,14-15,18,21,24,27,31-32,48H,5-6,9-13,16-17,19-20,22-23,45H2,1-4H3/t24-,27-,31-,32-/m0/s1. The fourth-order valence-electron chi connectivity index (χ4n) is 8.68. The third kappa shape index (κ3) is 8.34. The van der Waals surface area contributed by atoms with E-state index in [-0.39, 0.29) is 31.4 Å². The molecule has 312 valence electrons. The Kier molecular flexibility index (Phi) is 11.3. The summed E-state index contributed by atoms with van der Waals surface area (Å²) in [7, 11) is 1.56. The number of esters is 1. The van der Waals surface area contributed by atoms with Crippen molar-refractivity contribution in [3.8, 4) is 22.5 Å². The van der Waals surface area contributed by atoms with Crippen molar-refractivity contribution in [2.24, 2.45) is 11.1 Å². The van der Waals surface area contributed by atoms with Gasteiger partial charge in [-0.2, -0.15) is 13.2 Å². The number of fused-ring (bicyclic) bond motifs is 7. The normalized spacial score (nSPS) is 24.0. The number of hydrogen-bond donors (Lipinski definition) is 2. The van der Waals surface area contributed by atoms with E-state index in [1.54, 1.807) is 25.4 Å². The summed E-state index contributed by atoms with van der Waals surface area (Å²) in [6.45, 7) is 9.30. The highest BCUT2D eigenvalue weighted by Gasteiger charge is 2.37. The number of cyclic esters (lactones) is 1. The number of morpholine rings is 1. The number of rotatable bonds is 5. The largest absolute Gasteiger partial charge is 0.464 e. The maximum Gasteiger partial charge on any atom is 0.406 e. The second-order valence-corrected chi connectivity index (χ2v) is 17.6. The Hall–Kier alpha value is -4.13. The number of hydrogen-bond acceptors (Lipinski definition) is 12. The number of carbonyl (C=O) groups excluding carboxylic acids is 2. The molecule has 17 heteroatoms. The molecule has 0 radical (unpaired) electrons. The summed E-state index contributed by atoms with van der Waals surface area (Å²) < 4.78 is 63.4. The number of benzene rings is 1. The molecule has 4 aliphatic heterocycles. The van der Waals surface area contributed by atoms with E-state index in [4.69, 9.17) is 29.9 Å². The van der Waals surface area contributed by atoms with Gasteiger partial charge in [0.1, 0.15) is 12.6 Å². The molecule has 3 aromatic heterocycles. The number of nitrogens with one attached hydrogen (secondary N) is 1. The number of ether oxygens (including phenoxy) is 3. The average molecular weight is 825 g/mol. The highest BCUT2D eigenvalue weighted by Crippen LogP contribution is 2.44. The van der Waals surface area contributed by atoms with Crippen LogP contribution in [0.15, 0.2) is 35.8 Å². The van der Waals surface area contributed by atoms with Crippen molar-refractivity contribution in [2.45, 2.75) is 83.4 Å². The van der Waals surface area contributed by atoms with Crippen LogP contribution < -0.4 is 16.1 Å². The molecule has 0 unspecified atom stereocenters. The van der Waals surface area contributed by atoms with E-state index in [9.17, 15) is 22.8 Å². The van der Waals surface area contributed by atoms with Gasteiger partial charge in [0.05, 0.1) is 72.0 Å². The van der Waals surface area contributed by atoms with Gasteiger partial charge in [0, 0.05) is 79.1 Å². The number of anilines is 1. The summed E-state index contributed by atoms with van der Waals surface area (Å²) in [5.74, 6) is -0.852. The third-order valence-electron chi connectivity index (χ3n) is 11.8. The van der Waals surface area contributed by atoms with Crippen LogP contribution >= 0.6 is 11.3 Å². The molecule has 3 N–H and O–H groups in total. The molecule has 6 bridgehead atoms. The number of hydrazine groups is 1. The molecule has 3 saturated heterocycles. The zero-order valence-corrected chi connectivity index (χ0v) is 34.1. The van der Waals surface area contributed by atoms with E-state index in [1.165, 1.54) is 20.9 Å². The molecular weight excluding hydrogens is 774 g/mol. The molecule has 0 aliphatic carbocycles.